The summed E-state index contributed by atoms with van der Waals surface area (Å²) in [5.74, 6) is -0.703. The van der Waals surface area contributed by atoms with Crippen molar-refractivity contribution < 1.29 is 9.59 Å². The summed E-state index contributed by atoms with van der Waals surface area (Å²) in [7, 11) is 0. The molecule has 0 atom stereocenters. The molecule has 0 unspecified atom stereocenters. The number of nitrogens with one attached hydrogen (secondary N) is 1. The lowest BCUT2D eigenvalue weighted by atomic mass is 10.2. The Hall–Kier alpha value is -2.21. The van der Waals surface area contributed by atoms with Gasteiger partial charge in [0, 0.05) is 11.9 Å². The number of primary amides is 1. The quantitative estimate of drug-likeness (QED) is 0.857. The number of hydrogen-bond acceptors (Lipinski definition) is 4. The maximum absolute atomic E-state index is 11.7. The Morgan fingerprint density at radius 1 is 1.26 bits per heavy atom. The Balaban J connectivity index is 1.85. The zero-order valence-corrected chi connectivity index (χ0v) is 10.9. The molecule has 19 heavy (non-hydrogen) atoms. The predicted octanol–water partition coefficient (Wildman–Crippen LogP) is 1.10. The molecule has 0 spiro atoms. The van der Waals surface area contributed by atoms with Crippen molar-refractivity contribution in [2.45, 2.75) is 13.0 Å². The number of carbonyl (C=O) groups is 2. The highest BCUT2D eigenvalue weighted by atomic mass is 32.1. The third kappa shape index (κ3) is 3.89. The molecule has 5 nitrogen and oxygen atoms in total. The molecule has 1 aromatic carbocycles. The highest BCUT2D eigenvalue weighted by molar-refractivity contribution is 7.11. The second-order valence-electron chi connectivity index (χ2n) is 3.95. The van der Waals surface area contributed by atoms with Crippen molar-refractivity contribution in [3.63, 3.8) is 0 Å². The molecule has 3 N–H and O–H groups in total. The lowest BCUT2D eigenvalue weighted by Gasteiger charge is -2.03. The molecular formula is C13H13N3O2S. The second kappa shape index (κ2) is 6.10. The molecule has 0 aliphatic carbocycles. The first-order chi connectivity index (χ1) is 9.15. The summed E-state index contributed by atoms with van der Waals surface area (Å²) >= 11 is 1.15. The van der Waals surface area contributed by atoms with Gasteiger partial charge in [0.1, 0.15) is 0 Å². The van der Waals surface area contributed by atoms with E-state index in [1.54, 1.807) is 5.38 Å². The van der Waals surface area contributed by atoms with Crippen LogP contribution in [0.3, 0.4) is 0 Å². The molecule has 0 aliphatic rings. The molecule has 1 heterocycles. The average molecular weight is 275 g/mol. The predicted molar refractivity (Wildman–Crippen MR) is 72.6 cm³/mol. The molecule has 1 aromatic heterocycles. The summed E-state index contributed by atoms with van der Waals surface area (Å²) < 4.78 is 0. The Kier molecular flexibility index (Phi) is 4.25. The van der Waals surface area contributed by atoms with E-state index in [0.717, 1.165) is 16.9 Å². The SMILES string of the molecule is NC(=O)c1nc(CC(=O)NCc2ccccc2)cs1. The number of nitrogens with two attached hydrogens (primary N) is 1. The fraction of sp³-hybridized carbons (Fsp3) is 0.154. The topological polar surface area (TPSA) is 85.1 Å². The molecular weight excluding hydrogens is 262 g/mol. The minimum absolute atomic E-state index is 0.134. The minimum Gasteiger partial charge on any atom is -0.364 e. The number of hydrogen-bond donors (Lipinski definition) is 2. The molecule has 0 saturated heterocycles. The summed E-state index contributed by atoms with van der Waals surface area (Å²) in [5.41, 5.74) is 6.69. The van der Waals surface area contributed by atoms with E-state index >= 15 is 0 Å². The second-order valence-corrected chi connectivity index (χ2v) is 4.81. The highest BCUT2D eigenvalue weighted by Gasteiger charge is 2.10. The number of carbonyl (C=O) groups excluding carboxylic acids is 2. The smallest absolute Gasteiger partial charge is 0.277 e. The van der Waals surface area contributed by atoms with Crippen LogP contribution < -0.4 is 11.1 Å². The number of rotatable bonds is 5. The van der Waals surface area contributed by atoms with E-state index in [2.05, 4.69) is 10.3 Å². The van der Waals surface area contributed by atoms with E-state index < -0.39 is 5.91 Å². The van der Waals surface area contributed by atoms with Crippen LogP contribution >= 0.6 is 11.3 Å². The normalized spacial score (nSPS) is 10.1. The van der Waals surface area contributed by atoms with Crippen LogP contribution in [0.5, 0.6) is 0 Å². The largest absolute Gasteiger partial charge is 0.364 e. The van der Waals surface area contributed by atoms with Crippen molar-refractivity contribution in [3.05, 3.63) is 52.0 Å². The van der Waals surface area contributed by atoms with Crippen LogP contribution in [0.4, 0.5) is 0 Å². The first kappa shape index (κ1) is 13.2. The van der Waals surface area contributed by atoms with E-state index in [-0.39, 0.29) is 17.3 Å². The summed E-state index contributed by atoms with van der Waals surface area (Å²) in [6.07, 6.45) is 0.149. The van der Waals surface area contributed by atoms with Gasteiger partial charge in [0.15, 0.2) is 5.01 Å². The van der Waals surface area contributed by atoms with E-state index in [1.165, 1.54) is 0 Å². The third-order valence-electron chi connectivity index (χ3n) is 2.44. The van der Waals surface area contributed by atoms with Crippen LogP contribution in [0.1, 0.15) is 21.1 Å². The van der Waals surface area contributed by atoms with Crippen LogP contribution in [0.2, 0.25) is 0 Å². The number of nitrogens with zero attached hydrogens (tertiary/aromatic N) is 1. The fourth-order valence-corrected chi connectivity index (χ4v) is 2.19. The molecule has 2 rings (SSSR count). The molecule has 0 saturated carbocycles. The molecule has 0 fully saturated rings. The van der Waals surface area contributed by atoms with E-state index in [9.17, 15) is 9.59 Å². The maximum Gasteiger partial charge on any atom is 0.277 e. The number of benzene rings is 1. The van der Waals surface area contributed by atoms with Gasteiger partial charge in [-0.1, -0.05) is 30.3 Å². The minimum atomic E-state index is -0.569. The molecule has 98 valence electrons. The van der Waals surface area contributed by atoms with Crippen molar-refractivity contribution in [1.29, 1.82) is 0 Å². The zero-order valence-electron chi connectivity index (χ0n) is 10.1. The van der Waals surface area contributed by atoms with Crippen molar-refractivity contribution >= 4 is 23.2 Å². The van der Waals surface area contributed by atoms with E-state index in [1.807, 2.05) is 30.3 Å². The van der Waals surface area contributed by atoms with Gasteiger partial charge in [-0.25, -0.2) is 4.98 Å². The molecule has 0 radical (unpaired) electrons. The Bertz CT molecular complexity index is 581. The van der Waals surface area contributed by atoms with Crippen molar-refractivity contribution in [1.82, 2.24) is 10.3 Å². The Morgan fingerprint density at radius 2 is 2.00 bits per heavy atom. The summed E-state index contributed by atoms with van der Waals surface area (Å²) in [6.45, 7) is 0.479. The van der Waals surface area contributed by atoms with Gasteiger partial charge in [-0.2, -0.15) is 0 Å². The number of aromatic nitrogens is 1. The first-order valence-electron chi connectivity index (χ1n) is 5.70. The van der Waals surface area contributed by atoms with E-state index in [4.69, 9.17) is 5.73 Å². The lowest BCUT2D eigenvalue weighted by molar-refractivity contribution is -0.120. The third-order valence-corrected chi connectivity index (χ3v) is 3.34. The average Bonchev–Trinajstić information content (AvgIpc) is 2.86. The van der Waals surface area contributed by atoms with Crippen LogP contribution in [0.25, 0.3) is 0 Å². The van der Waals surface area contributed by atoms with Gasteiger partial charge in [-0.15, -0.1) is 11.3 Å². The van der Waals surface area contributed by atoms with Crippen molar-refractivity contribution in [2.75, 3.05) is 0 Å². The van der Waals surface area contributed by atoms with Gasteiger partial charge in [-0.05, 0) is 5.56 Å². The summed E-state index contributed by atoms with van der Waals surface area (Å²) in [5, 5.41) is 4.69. The van der Waals surface area contributed by atoms with Gasteiger partial charge >= 0.3 is 0 Å². The van der Waals surface area contributed by atoms with Crippen LogP contribution in [0, 0.1) is 0 Å². The number of amides is 2. The zero-order chi connectivity index (χ0) is 13.7. The molecule has 0 bridgehead atoms. The van der Waals surface area contributed by atoms with Crippen molar-refractivity contribution in [2.24, 2.45) is 5.73 Å². The molecule has 0 aliphatic heterocycles. The monoisotopic (exact) mass is 275 g/mol. The van der Waals surface area contributed by atoms with E-state index in [0.29, 0.717) is 12.2 Å². The molecule has 2 aromatic rings. The molecule has 2 amide bonds. The van der Waals surface area contributed by atoms with Gasteiger partial charge < -0.3 is 11.1 Å². The molecule has 6 heteroatoms. The van der Waals surface area contributed by atoms with Crippen LogP contribution in [0.15, 0.2) is 35.7 Å². The van der Waals surface area contributed by atoms with Gasteiger partial charge in [-0.3, -0.25) is 9.59 Å². The first-order valence-corrected chi connectivity index (χ1v) is 6.58. The van der Waals surface area contributed by atoms with Gasteiger partial charge in [0.25, 0.3) is 5.91 Å². The maximum atomic E-state index is 11.7. The number of thiazole rings is 1. The van der Waals surface area contributed by atoms with Crippen LogP contribution in [-0.4, -0.2) is 16.8 Å². The highest BCUT2D eigenvalue weighted by Crippen LogP contribution is 2.09. The lowest BCUT2D eigenvalue weighted by Crippen LogP contribution is -2.24. The van der Waals surface area contributed by atoms with Gasteiger partial charge in [0.2, 0.25) is 5.91 Å². The van der Waals surface area contributed by atoms with Crippen molar-refractivity contribution in [3.8, 4) is 0 Å². The standard InChI is InChI=1S/C13H13N3O2S/c14-12(18)13-16-10(8-19-13)6-11(17)15-7-9-4-2-1-3-5-9/h1-5,8H,6-7H2,(H2,14,18)(H,15,17). The summed E-state index contributed by atoms with van der Waals surface area (Å²) in [4.78, 5) is 26.6. The van der Waals surface area contributed by atoms with Crippen LogP contribution in [-0.2, 0) is 17.8 Å². The fourth-order valence-electron chi connectivity index (χ4n) is 1.52. The summed E-state index contributed by atoms with van der Waals surface area (Å²) in [6, 6.07) is 9.64. The Labute approximate surface area is 114 Å². The van der Waals surface area contributed by atoms with Gasteiger partial charge in [0.05, 0.1) is 12.1 Å². The Morgan fingerprint density at radius 3 is 2.63 bits per heavy atom.